The van der Waals surface area contributed by atoms with Crippen LogP contribution in [-0.4, -0.2) is 24.0 Å². The van der Waals surface area contributed by atoms with E-state index in [4.69, 9.17) is 0 Å². The van der Waals surface area contributed by atoms with Gasteiger partial charge in [0.05, 0.1) is 13.2 Å². The van der Waals surface area contributed by atoms with Crippen molar-refractivity contribution in [3.63, 3.8) is 0 Å². The molecule has 0 bridgehead atoms. The number of benzene rings is 2. The molecular weight excluding hydrogens is 328 g/mol. The molecule has 0 saturated heterocycles. The maximum absolute atomic E-state index is 12.7. The van der Waals surface area contributed by atoms with Crippen molar-refractivity contribution in [3.05, 3.63) is 101 Å². The molecule has 0 aliphatic heterocycles. The zero-order valence-corrected chi connectivity index (χ0v) is 14.3. The number of esters is 1. The van der Waals surface area contributed by atoms with Crippen LogP contribution in [0.5, 0.6) is 0 Å². The lowest BCUT2D eigenvalue weighted by Gasteiger charge is -2.19. The number of hydrogen-bond acceptors (Lipinski definition) is 4. The van der Waals surface area contributed by atoms with Gasteiger partial charge in [0.25, 0.3) is 5.91 Å². The van der Waals surface area contributed by atoms with Gasteiger partial charge < -0.3 is 10.1 Å². The molecule has 0 spiro atoms. The minimum absolute atomic E-state index is 0.0936. The van der Waals surface area contributed by atoms with E-state index in [2.05, 4.69) is 15.0 Å². The van der Waals surface area contributed by atoms with Gasteiger partial charge in [-0.15, -0.1) is 0 Å². The lowest BCUT2D eigenvalue weighted by molar-refractivity contribution is 0.0594. The molecular formula is C21H18N2O3. The quantitative estimate of drug-likeness (QED) is 0.719. The van der Waals surface area contributed by atoms with E-state index in [1.807, 2.05) is 60.7 Å². The van der Waals surface area contributed by atoms with Crippen LogP contribution in [0, 0.1) is 0 Å². The van der Waals surface area contributed by atoms with Crippen molar-refractivity contribution >= 4 is 11.9 Å². The van der Waals surface area contributed by atoms with Gasteiger partial charge in [-0.1, -0.05) is 66.7 Å². The third-order valence-electron chi connectivity index (χ3n) is 3.92. The Kier molecular flexibility index (Phi) is 5.39. The van der Waals surface area contributed by atoms with Gasteiger partial charge in [0, 0.05) is 0 Å². The molecule has 2 aromatic carbocycles. The van der Waals surface area contributed by atoms with Crippen molar-refractivity contribution in [1.82, 2.24) is 10.3 Å². The number of hydrogen-bond donors (Lipinski definition) is 1. The van der Waals surface area contributed by atoms with Gasteiger partial charge in [-0.25, -0.2) is 9.78 Å². The molecule has 1 heterocycles. The first-order chi connectivity index (χ1) is 12.7. The Balaban J connectivity index is 1.90. The molecule has 5 nitrogen and oxygen atoms in total. The largest absolute Gasteiger partial charge is 0.464 e. The second-order valence-corrected chi connectivity index (χ2v) is 5.63. The molecule has 1 amide bonds. The molecule has 5 heteroatoms. The third kappa shape index (κ3) is 3.95. The Morgan fingerprint density at radius 1 is 0.808 bits per heavy atom. The van der Waals surface area contributed by atoms with E-state index in [9.17, 15) is 9.59 Å². The van der Waals surface area contributed by atoms with Crippen molar-refractivity contribution in [1.29, 1.82) is 0 Å². The molecule has 130 valence electrons. The van der Waals surface area contributed by atoms with Gasteiger partial charge in [0.2, 0.25) is 0 Å². The first-order valence-electron chi connectivity index (χ1n) is 8.15. The zero-order valence-electron chi connectivity index (χ0n) is 14.3. The highest BCUT2D eigenvalue weighted by molar-refractivity contribution is 5.95. The molecule has 3 rings (SSSR count). The molecule has 0 saturated carbocycles. The number of carbonyl (C=O) groups is 2. The highest BCUT2D eigenvalue weighted by Gasteiger charge is 2.19. The predicted molar refractivity (Wildman–Crippen MR) is 97.8 cm³/mol. The zero-order chi connectivity index (χ0) is 18.4. The Morgan fingerprint density at radius 2 is 1.35 bits per heavy atom. The highest BCUT2D eigenvalue weighted by Crippen LogP contribution is 2.22. The Labute approximate surface area is 151 Å². The SMILES string of the molecule is COC(=O)c1cccc(C(=O)NC(c2ccccc2)c2ccccc2)n1. The summed E-state index contributed by atoms with van der Waals surface area (Å²) >= 11 is 0. The summed E-state index contributed by atoms with van der Waals surface area (Å²) in [5.74, 6) is -0.948. The fraction of sp³-hybridized carbons (Fsp3) is 0.0952. The number of methoxy groups -OCH3 is 1. The van der Waals surface area contributed by atoms with Crippen LogP contribution >= 0.6 is 0 Å². The molecule has 0 fully saturated rings. The number of ether oxygens (including phenoxy) is 1. The molecule has 0 atom stereocenters. The number of carbonyl (C=O) groups excluding carboxylic acids is 2. The van der Waals surface area contributed by atoms with E-state index in [1.54, 1.807) is 12.1 Å². The summed E-state index contributed by atoms with van der Waals surface area (Å²) in [6.45, 7) is 0. The lowest BCUT2D eigenvalue weighted by Crippen LogP contribution is -2.30. The summed E-state index contributed by atoms with van der Waals surface area (Å²) in [6, 6.07) is 23.7. The van der Waals surface area contributed by atoms with Crippen molar-refractivity contribution in [2.45, 2.75) is 6.04 Å². The molecule has 0 aliphatic rings. The van der Waals surface area contributed by atoms with E-state index < -0.39 is 5.97 Å². The molecule has 26 heavy (non-hydrogen) atoms. The fourth-order valence-corrected chi connectivity index (χ4v) is 2.63. The van der Waals surface area contributed by atoms with E-state index >= 15 is 0 Å². The topological polar surface area (TPSA) is 68.3 Å². The predicted octanol–water partition coefficient (Wildman–Crippen LogP) is 3.39. The molecule has 1 N–H and O–H groups in total. The Bertz CT molecular complexity index is 856. The number of pyridine rings is 1. The van der Waals surface area contributed by atoms with Crippen molar-refractivity contribution in [3.8, 4) is 0 Å². The number of nitrogens with one attached hydrogen (secondary N) is 1. The van der Waals surface area contributed by atoms with Gasteiger partial charge in [-0.3, -0.25) is 4.79 Å². The average molecular weight is 346 g/mol. The third-order valence-corrected chi connectivity index (χ3v) is 3.92. The first kappa shape index (κ1) is 17.4. The lowest BCUT2D eigenvalue weighted by atomic mass is 9.98. The average Bonchev–Trinajstić information content (AvgIpc) is 2.72. The fourth-order valence-electron chi connectivity index (χ4n) is 2.63. The van der Waals surface area contributed by atoms with Crippen molar-refractivity contribution in [2.24, 2.45) is 0 Å². The van der Waals surface area contributed by atoms with Crippen LogP contribution in [0.4, 0.5) is 0 Å². The van der Waals surface area contributed by atoms with E-state index in [0.29, 0.717) is 0 Å². The molecule has 3 aromatic rings. The maximum Gasteiger partial charge on any atom is 0.356 e. The normalized spacial score (nSPS) is 10.4. The van der Waals surface area contributed by atoms with Crippen LogP contribution in [0.2, 0.25) is 0 Å². The Morgan fingerprint density at radius 3 is 1.88 bits per heavy atom. The van der Waals surface area contributed by atoms with Gasteiger partial charge in [-0.05, 0) is 23.3 Å². The summed E-state index contributed by atoms with van der Waals surface area (Å²) in [7, 11) is 1.28. The van der Waals surface area contributed by atoms with Crippen molar-refractivity contribution < 1.29 is 14.3 Å². The van der Waals surface area contributed by atoms with Crippen LogP contribution in [0.1, 0.15) is 38.1 Å². The summed E-state index contributed by atoms with van der Waals surface area (Å²) in [5, 5.41) is 3.00. The molecule has 1 aromatic heterocycles. The number of rotatable bonds is 5. The van der Waals surface area contributed by atoms with Crippen LogP contribution in [0.3, 0.4) is 0 Å². The Hall–Kier alpha value is -3.47. The summed E-state index contributed by atoms with van der Waals surface area (Å²) in [4.78, 5) is 28.5. The smallest absolute Gasteiger partial charge is 0.356 e. The highest BCUT2D eigenvalue weighted by atomic mass is 16.5. The van der Waals surface area contributed by atoms with E-state index in [1.165, 1.54) is 13.2 Å². The van der Waals surface area contributed by atoms with Gasteiger partial charge in [0.1, 0.15) is 11.4 Å². The van der Waals surface area contributed by atoms with Crippen LogP contribution in [0.15, 0.2) is 78.9 Å². The summed E-state index contributed by atoms with van der Waals surface area (Å²) < 4.78 is 4.66. The molecule has 0 unspecified atom stereocenters. The second kappa shape index (κ2) is 8.07. The van der Waals surface area contributed by atoms with Gasteiger partial charge in [-0.2, -0.15) is 0 Å². The van der Waals surface area contributed by atoms with Gasteiger partial charge >= 0.3 is 5.97 Å². The molecule has 0 radical (unpaired) electrons. The van der Waals surface area contributed by atoms with Gasteiger partial charge in [0.15, 0.2) is 0 Å². The van der Waals surface area contributed by atoms with Crippen LogP contribution in [0.25, 0.3) is 0 Å². The standard InChI is InChI=1S/C21H18N2O3/c1-26-21(25)18-14-8-13-17(22-18)20(24)23-19(15-9-4-2-5-10-15)16-11-6-3-7-12-16/h2-14,19H,1H3,(H,23,24). The monoisotopic (exact) mass is 346 g/mol. The molecule has 0 aliphatic carbocycles. The van der Waals surface area contributed by atoms with Crippen LogP contribution in [-0.2, 0) is 4.74 Å². The summed E-state index contributed by atoms with van der Waals surface area (Å²) in [5.41, 5.74) is 2.16. The van der Waals surface area contributed by atoms with Crippen LogP contribution < -0.4 is 5.32 Å². The van der Waals surface area contributed by atoms with E-state index in [-0.39, 0.29) is 23.3 Å². The van der Waals surface area contributed by atoms with E-state index in [0.717, 1.165) is 11.1 Å². The number of amides is 1. The second-order valence-electron chi connectivity index (χ2n) is 5.63. The number of nitrogens with zero attached hydrogens (tertiary/aromatic N) is 1. The maximum atomic E-state index is 12.7. The summed E-state index contributed by atoms with van der Waals surface area (Å²) in [6.07, 6.45) is 0. The number of aromatic nitrogens is 1. The minimum atomic E-state index is -0.581. The van der Waals surface area contributed by atoms with Crippen molar-refractivity contribution in [2.75, 3.05) is 7.11 Å². The first-order valence-corrected chi connectivity index (χ1v) is 8.15. The minimum Gasteiger partial charge on any atom is -0.464 e.